The number of fused-ring (bicyclic) bond motifs is 6. The molecule has 0 saturated heterocycles. The number of aryl methyl sites for hydroxylation is 1. The van der Waals surface area contributed by atoms with E-state index in [1.165, 1.54) is 11.1 Å². The molecule has 4 aromatic rings. The molecular weight excluding hydrogens is 478 g/mol. The average Bonchev–Trinajstić information content (AvgIpc) is 3.47. The molecule has 2 aromatic heterocycles. The van der Waals surface area contributed by atoms with Gasteiger partial charge in [0.15, 0.2) is 34.9 Å². The maximum atomic E-state index is 9.91. The van der Waals surface area contributed by atoms with Gasteiger partial charge in [-0.2, -0.15) is 12.8 Å². The van der Waals surface area contributed by atoms with E-state index in [2.05, 4.69) is 47.9 Å². The van der Waals surface area contributed by atoms with Gasteiger partial charge in [0, 0.05) is 18.6 Å². The van der Waals surface area contributed by atoms with Gasteiger partial charge in [-0.05, 0) is 42.0 Å². The summed E-state index contributed by atoms with van der Waals surface area (Å²) in [5.41, 5.74) is 2.39. The number of carbonyl (C=O) groups is 1. The van der Waals surface area contributed by atoms with Gasteiger partial charge in [-0.3, -0.25) is 4.55 Å². The number of benzene rings is 2. The lowest BCUT2D eigenvalue weighted by Crippen LogP contribution is -2.38. The number of pyridine rings is 2. The third kappa shape index (κ3) is 4.02. The van der Waals surface area contributed by atoms with Gasteiger partial charge in [0.25, 0.3) is 10.1 Å². The summed E-state index contributed by atoms with van der Waals surface area (Å²) in [6, 6.07) is 12.6. The van der Waals surface area contributed by atoms with E-state index in [0.717, 1.165) is 58.0 Å². The number of carbonyl (C=O) groups excluding carboxylic acids is 1. The van der Waals surface area contributed by atoms with E-state index < -0.39 is 21.3 Å². The molecule has 0 spiro atoms. The number of nitrogens with zero attached hydrogens (tertiary/aromatic N) is 1. The molecule has 182 valence electrons. The topological polar surface area (TPSA) is 136 Å². The normalized spacial score (nSPS) is 14.7. The van der Waals surface area contributed by atoms with Gasteiger partial charge in [-0.15, -0.1) is 0 Å². The molecule has 2 aliphatic heterocycles. The predicted octanol–water partition coefficient (Wildman–Crippen LogP) is 1.76. The molecule has 11 heteroatoms. The average molecular weight is 499 g/mol. The Labute approximate surface area is 200 Å². The van der Waals surface area contributed by atoms with Crippen molar-refractivity contribution < 1.29 is 46.2 Å². The molecule has 2 aliphatic rings. The maximum absolute atomic E-state index is 9.91. The summed E-state index contributed by atoms with van der Waals surface area (Å²) in [7, 11) is -4.46. The summed E-state index contributed by atoms with van der Waals surface area (Å²) in [5, 5.41) is 12.5. The van der Waals surface area contributed by atoms with Crippen molar-refractivity contribution in [2.24, 2.45) is 0 Å². The molecule has 10 nitrogen and oxygen atoms in total. The highest BCUT2D eigenvalue weighted by Crippen LogP contribution is 2.39. The van der Waals surface area contributed by atoms with Crippen LogP contribution in [0.1, 0.15) is 19.5 Å². The second kappa shape index (κ2) is 8.43. The van der Waals surface area contributed by atoms with Crippen molar-refractivity contribution in [1.82, 2.24) is 0 Å². The first-order valence-electron chi connectivity index (χ1n) is 10.8. The van der Waals surface area contributed by atoms with Crippen molar-refractivity contribution in [3.8, 4) is 23.0 Å². The summed E-state index contributed by atoms with van der Waals surface area (Å²) >= 11 is 0. The standard InChI is InChI=1S/C21H16NO4.C3H6O5S/c1-2-16-15-9-21-19(24-11-26-21)7-13(15)5-17-14-8-20-18(23-10-25-20)6-12(14)3-4-22(16)17;1-2(3(4)5)9(6,7)8/h3-9H,2,10-11H2,1H3;2H,1H3,(H,4,5)(H,6,7,8)/q+1;/p-1. The van der Waals surface area contributed by atoms with E-state index in [4.69, 9.17) is 23.5 Å². The lowest BCUT2D eigenvalue weighted by atomic mass is 10.0. The van der Waals surface area contributed by atoms with Crippen LogP contribution in [-0.4, -0.2) is 37.8 Å². The Morgan fingerprint density at radius 3 is 2.03 bits per heavy atom. The van der Waals surface area contributed by atoms with Crippen molar-refractivity contribution in [3.63, 3.8) is 0 Å². The first-order valence-corrected chi connectivity index (χ1v) is 12.3. The zero-order valence-electron chi connectivity index (χ0n) is 18.8. The van der Waals surface area contributed by atoms with Crippen molar-refractivity contribution >= 4 is 43.1 Å². The second-order valence-corrected chi connectivity index (χ2v) is 9.81. The van der Waals surface area contributed by atoms with Gasteiger partial charge in [0.05, 0.1) is 16.7 Å². The molecule has 1 unspecified atom stereocenters. The van der Waals surface area contributed by atoms with E-state index in [1.54, 1.807) is 0 Å². The quantitative estimate of drug-likeness (QED) is 0.194. The first-order chi connectivity index (χ1) is 16.7. The number of aromatic nitrogens is 1. The minimum Gasteiger partial charge on any atom is -0.549 e. The minimum absolute atomic E-state index is 0.281. The number of carboxylic acids is 1. The van der Waals surface area contributed by atoms with Crippen LogP contribution in [0.2, 0.25) is 0 Å². The van der Waals surface area contributed by atoms with Crippen molar-refractivity contribution in [3.05, 3.63) is 48.3 Å². The molecule has 0 amide bonds. The molecule has 0 bridgehead atoms. The summed E-state index contributed by atoms with van der Waals surface area (Å²) in [5.74, 6) is 1.42. The number of hydrogen-bond acceptors (Lipinski definition) is 8. The Bertz CT molecular complexity index is 1610. The fraction of sp³-hybridized carbons (Fsp3) is 0.250. The van der Waals surface area contributed by atoms with Gasteiger partial charge >= 0.3 is 0 Å². The summed E-state index contributed by atoms with van der Waals surface area (Å²) in [4.78, 5) is 9.70. The summed E-state index contributed by atoms with van der Waals surface area (Å²) in [6.45, 7) is 3.57. The smallest absolute Gasteiger partial charge is 0.272 e. The molecule has 4 heterocycles. The lowest BCUT2D eigenvalue weighted by molar-refractivity contribution is -0.518. The van der Waals surface area contributed by atoms with Crippen LogP contribution in [0.4, 0.5) is 0 Å². The molecule has 0 radical (unpaired) electrons. The van der Waals surface area contributed by atoms with E-state index in [1.807, 2.05) is 6.07 Å². The zero-order valence-corrected chi connectivity index (χ0v) is 19.6. The number of carboxylic acid groups (broad SMARTS) is 1. The highest BCUT2D eigenvalue weighted by atomic mass is 32.2. The molecule has 2 aromatic carbocycles. The van der Waals surface area contributed by atoms with E-state index >= 15 is 0 Å². The molecule has 1 atom stereocenters. The van der Waals surface area contributed by atoms with Crippen molar-refractivity contribution in [1.29, 1.82) is 0 Å². The maximum Gasteiger partial charge on any atom is 0.272 e. The monoisotopic (exact) mass is 499 g/mol. The van der Waals surface area contributed by atoms with Gasteiger partial charge in [0.1, 0.15) is 5.25 Å². The third-order valence-corrected chi connectivity index (χ3v) is 7.12. The van der Waals surface area contributed by atoms with E-state index in [-0.39, 0.29) is 13.6 Å². The Kier molecular flexibility index (Phi) is 5.53. The van der Waals surface area contributed by atoms with E-state index in [0.29, 0.717) is 0 Å². The first kappa shape index (κ1) is 22.9. The summed E-state index contributed by atoms with van der Waals surface area (Å²) in [6.07, 6.45) is 3.04. The van der Waals surface area contributed by atoms with Crippen LogP contribution in [-0.2, 0) is 21.3 Å². The van der Waals surface area contributed by atoms with Gasteiger partial charge in [-0.25, -0.2) is 0 Å². The van der Waals surface area contributed by atoms with Crippen LogP contribution in [0.25, 0.3) is 27.1 Å². The molecule has 0 fully saturated rings. The molecule has 0 saturated carbocycles. The van der Waals surface area contributed by atoms with Crippen LogP contribution < -0.4 is 28.5 Å². The van der Waals surface area contributed by atoms with Crippen LogP contribution in [0.5, 0.6) is 23.0 Å². The molecule has 35 heavy (non-hydrogen) atoms. The predicted molar refractivity (Wildman–Crippen MR) is 122 cm³/mol. The Hall–Kier alpha value is -3.83. The van der Waals surface area contributed by atoms with Gasteiger partial charge in [-0.1, -0.05) is 6.92 Å². The Morgan fingerprint density at radius 1 is 0.971 bits per heavy atom. The van der Waals surface area contributed by atoms with Gasteiger partial charge in [0.2, 0.25) is 19.1 Å². The van der Waals surface area contributed by atoms with Crippen LogP contribution in [0.3, 0.4) is 0 Å². The Morgan fingerprint density at radius 2 is 1.51 bits per heavy atom. The van der Waals surface area contributed by atoms with E-state index in [9.17, 15) is 18.3 Å². The lowest BCUT2D eigenvalue weighted by Gasteiger charge is -2.07. The zero-order chi connectivity index (χ0) is 24.9. The van der Waals surface area contributed by atoms with Crippen LogP contribution in [0.15, 0.2) is 42.6 Å². The van der Waals surface area contributed by atoms with Crippen molar-refractivity contribution in [2.75, 3.05) is 13.6 Å². The number of ether oxygens (including phenoxy) is 4. The van der Waals surface area contributed by atoms with Gasteiger partial charge < -0.3 is 28.8 Å². The fourth-order valence-electron chi connectivity index (χ4n) is 4.15. The van der Waals surface area contributed by atoms with Crippen LogP contribution >= 0.6 is 0 Å². The summed E-state index contributed by atoms with van der Waals surface area (Å²) < 4.78 is 52.3. The number of hydrogen-bond donors (Lipinski definition) is 1. The molecule has 1 N–H and O–H groups in total. The highest BCUT2D eigenvalue weighted by Gasteiger charge is 2.23. The fourth-order valence-corrected chi connectivity index (χ4v) is 4.39. The highest BCUT2D eigenvalue weighted by molar-refractivity contribution is 7.87. The Balaban J connectivity index is 0.000000244. The number of aliphatic carboxylic acids is 1. The van der Waals surface area contributed by atoms with Crippen molar-refractivity contribution in [2.45, 2.75) is 25.5 Å². The minimum atomic E-state index is -4.46. The SMILES string of the molecule is CC(C(=O)[O-])S(=O)(=O)O.CCc1c2cc3c(cc2cc2c4cc5c(cc4cc[n+]12)OCO5)OCO3. The molecule has 0 aliphatic carbocycles. The molecular formula is C24H21NO9S. The second-order valence-electron chi connectivity index (χ2n) is 8.08. The molecule has 6 rings (SSSR count). The number of rotatable bonds is 3. The third-order valence-electron chi connectivity index (χ3n) is 6.04. The van der Waals surface area contributed by atoms with Crippen LogP contribution in [0, 0.1) is 0 Å². The largest absolute Gasteiger partial charge is 0.549 e.